The van der Waals surface area contributed by atoms with Gasteiger partial charge >= 0.3 is 12.0 Å². The van der Waals surface area contributed by atoms with E-state index in [4.69, 9.17) is 5.11 Å². The fraction of sp³-hybridized carbons (Fsp3) is 0.857. The molecule has 0 saturated heterocycles. The van der Waals surface area contributed by atoms with E-state index in [9.17, 15) is 9.59 Å². The highest BCUT2D eigenvalue weighted by molar-refractivity contribution is 5.75. The van der Waals surface area contributed by atoms with E-state index in [-0.39, 0.29) is 18.5 Å². The van der Waals surface area contributed by atoms with Gasteiger partial charge in [-0.05, 0) is 25.2 Å². The van der Waals surface area contributed by atoms with Crippen LogP contribution in [-0.4, -0.2) is 41.6 Å². The van der Waals surface area contributed by atoms with Gasteiger partial charge in [-0.15, -0.1) is 0 Å². The molecule has 1 rings (SSSR count). The van der Waals surface area contributed by atoms with Crippen molar-refractivity contribution >= 4 is 12.0 Å². The summed E-state index contributed by atoms with van der Waals surface area (Å²) in [6, 6.07) is -0.410. The third-order valence-corrected chi connectivity index (χ3v) is 3.74. The number of hydrogen-bond acceptors (Lipinski definition) is 2. The lowest BCUT2D eigenvalue weighted by atomic mass is 10.1. The minimum atomic E-state index is -0.864. The largest absolute Gasteiger partial charge is 0.481 e. The third-order valence-electron chi connectivity index (χ3n) is 3.74. The summed E-state index contributed by atoms with van der Waals surface area (Å²) in [5, 5.41) is 11.7. The number of nitrogens with one attached hydrogen (secondary N) is 1. The molecule has 0 aromatic heterocycles. The summed E-state index contributed by atoms with van der Waals surface area (Å²) in [6.45, 7) is 2.76. The minimum absolute atomic E-state index is 0.00313. The molecule has 5 nitrogen and oxygen atoms in total. The van der Waals surface area contributed by atoms with Crippen molar-refractivity contribution < 1.29 is 14.7 Å². The lowest BCUT2D eigenvalue weighted by Gasteiger charge is -2.24. The Kier molecular flexibility index (Phi) is 6.67. The number of carboxylic acid groups (broad SMARTS) is 1. The highest BCUT2D eigenvalue weighted by Gasteiger charge is 2.21. The standard InChI is InChI=1S/C14H26N2O3/c1-3-6-12(9-13(17)18)15-14(19)16(2)10-11-7-4-5-8-11/h11-12H,3-10H2,1-2H3,(H,15,19)(H,17,18). The fourth-order valence-corrected chi connectivity index (χ4v) is 2.73. The molecule has 19 heavy (non-hydrogen) atoms. The van der Waals surface area contributed by atoms with Crippen molar-refractivity contribution in [2.24, 2.45) is 5.92 Å². The highest BCUT2D eigenvalue weighted by atomic mass is 16.4. The summed E-state index contributed by atoms with van der Waals surface area (Å²) in [4.78, 5) is 24.5. The number of nitrogens with zero attached hydrogens (tertiary/aromatic N) is 1. The summed E-state index contributed by atoms with van der Waals surface area (Å²) < 4.78 is 0. The zero-order chi connectivity index (χ0) is 14.3. The Morgan fingerprint density at radius 2 is 2.00 bits per heavy atom. The van der Waals surface area contributed by atoms with Crippen molar-refractivity contribution in [3.05, 3.63) is 0 Å². The van der Waals surface area contributed by atoms with Crippen LogP contribution in [0.15, 0.2) is 0 Å². The monoisotopic (exact) mass is 270 g/mol. The Labute approximate surface area is 115 Å². The average Bonchev–Trinajstić information content (AvgIpc) is 2.81. The number of rotatable bonds is 7. The number of aliphatic carboxylic acids is 1. The second-order valence-electron chi connectivity index (χ2n) is 5.56. The van der Waals surface area contributed by atoms with E-state index in [1.165, 1.54) is 25.7 Å². The Morgan fingerprint density at radius 3 is 2.53 bits per heavy atom. The van der Waals surface area contributed by atoms with E-state index >= 15 is 0 Å². The molecule has 110 valence electrons. The molecule has 1 aliphatic rings. The summed E-state index contributed by atoms with van der Waals surface area (Å²) in [6.07, 6.45) is 6.49. The van der Waals surface area contributed by atoms with Crippen molar-refractivity contribution in [2.45, 2.75) is 57.9 Å². The van der Waals surface area contributed by atoms with Crippen LogP contribution in [0.25, 0.3) is 0 Å². The molecule has 1 atom stereocenters. The van der Waals surface area contributed by atoms with Gasteiger partial charge in [0.15, 0.2) is 0 Å². The fourth-order valence-electron chi connectivity index (χ4n) is 2.73. The molecule has 2 amide bonds. The molecule has 0 aromatic carbocycles. The van der Waals surface area contributed by atoms with E-state index in [1.807, 2.05) is 6.92 Å². The zero-order valence-corrected chi connectivity index (χ0v) is 12.0. The Morgan fingerprint density at radius 1 is 1.37 bits per heavy atom. The van der Waals surface area contributed by atoms with E-state index in [2.05, 4.69) is 5.32 Å². The lowest BCUT2D eigenvalue weighted by Crippen LogP contribution is -2.45. The number of amides is 2. The predicted molar refractivity (Wildman–Crippen MR) is 74.1 cm³/mol. The minimum Gasteiger partial charge on any atom is -0.481 e. The van der Waals surface area contributed by atoms with Gasteiger partial charge in [0, 0.05) is 19.6 Å². The lowest BCUT2D eigenvalue weighted by molar-refractivity contribution is -0.137. The van der Waals surface area contributed by atoms with E-state index < -0.39 is 5.97 Å². The summed E-state index contributed by atoms with van der Waals surface area (Å²) >= 11 is 0. The van der Waals surface area contributed by atoms with Gasteiger partial charge in [-0.25, -0.2) is 4.79 Å². The van der Waals surface area contributed by atoms with Gasteiger partial charge < -0.3 is 15.3 Å². The number of carbonyl (C=O) groups excluding carboxylic acids is 1. The first-order valence-corrected chi connectivity index (χ1v) is 7.26. The molecule has 0 heterocycles. The molecular formula is C14H26N2O3. The number of carbonyl (C=O) groups is 2. The maximum Gasteiger partial charge on any atom is 0.317 e. The van der Waals surface area contributed by atoms with Crippen molar-refractivity contribution in [2.75, 3.05) is 13.6 Å². The van der Waals surface area contributed by atoms with Gasteiger partial charge in [-0.1, -0.05) is 26.2 Å². The first kappa shape index (κ1) is 15.8. The second-order valence-corrected chi connectivity index (χ2v) is 5.56. The molecule has 0 aliphatic heterocycles. The molecule has 1 saturated carbocycles. The molecule has 1 fully saturated rings. The van der Waals surface area contributed by atoms with Crippen molar-refractivity contribution in [3.63, 3.8) is 0 Å². The SMILES string of the molecule is CCCC(CC(=O)O)NC(=O)N(C)CC1CCCC1. The predicted octanol–water partition coefficient (Wildman–Crippen LogP) is 2.46. The first-order chi connectivity index (χ1) is 9.02. The van der Waals surface area contributed by atoms with Crippen molar-refractivity contribution in [1.82, 2.24) is 10.2 Å². The molecule has 2 N–H and O–H groups in total. The van der Waals surface area contributed by atoms with Crippen molar-refractivity contribution in [1.29, 1.82) is 0 Å². The van der Waals surface area contributed by atoms with Crippen LogP contribution in [0.1, 0.15) is 51.9 Å². The summed E-state index contributed by atoms with van der Waals surface area (Å²) in [5.74, 6) is -0.253. The Hall–Kier alpha value is -1.26. The number of carboxylic acids is 1. The normalized spacial score (nSPS) is 17.2. The van der Waals surface area contributed by atoms with Gasteiger partial charge in [-0.3, -0.25) is 4.79 Å². The first-order valence-electron chi connectivity index (χ1n) is 7.26. The Balaban J connectivity index is 2.38. The molecular weight excluding hydrogens is 244 g/mol. The van der Waals surface area contributed by atoms with Crippen molar-refractivity contribution in [3.8, 4) is 0 Å². The second kappa shape index (κ2) is 8.02. The topological polar surface area (TPSA) is 69.6 Å². The van der Waals surface area contributed by atoms with Gasteiger partial charge in [-0.2, -0.15) is 0 Å². The number of hydrogen-bond donors (Lipinski definition) is 2. The smallest absolute Gasteiger partial charge is 0.317 e. The molecule has 0 bridgehead atoms. The van der Waals surface area contributed by atoms with E-state index in [0.29, 0.717) is 12.3 Å². The van der Waals surface area contributed by atoms with Crippen LogP contribution in [0, 0.1) is 5.92 Å². The molecule has 0 spiro atoms. The van der Waals surface area contributed by atoms with E-state index in [0.717, 1.165) is 13.0 Å². The molecule has 0 radical (unpaired) electrons. The van der Waals surface area contributed by atoms with Crippen LogP contribution in [-0.2, 0) is 4.79 Å². The van der Waals surface area contributed by atoms with Crippen LogP contribution < -0.4 is 5.32 Å². The maximum atomic E-state index is 12.0. The van der Waals surface area contributed by atoms with Gasteiger partial charge in [0.05, 0.1) is 6.42 Å². The highest BCUT2D eigenvalue weighted by Crippen LogP contribution is 2.25. The maximum absolute atomic E-state index is 12.0. The number of urea groups is 1. The van der Waals surface area contributed by atoms with Crippen LogP contribution in [0.3, 0.4) is 0 Å². The summed E-state index contributed by atoms with van der Waals surface area (Å²) in [5.41, 5.74) is 0. The van der Waals surface area contributed by atoms with Crippen LogP contribution in [0.5, 0.6) is 0 Å². The van der Waals surface area contributed by atoms with E-state index in [1.54, 1.807) is 11.9 Å². The van der Waals surface area contributed by atoms with Crippen LogP contribution in [0.2, 0.25) is 0 Å². The van der Waals surface area contributed by atoms with Gasteiger partial charge in [0.2, 0.25) is 0 Å². The zero-order valence-electron chi connectivity index (χ0n) is 12.0. The Bertz CT molecular complexity index is 301. The molecule has 1 unspecified atom stereocenters. The quantitative estimate of drug-likeness (QED) is 0.746. The van der Waals surface area contributed by atoms with Crippen LogP contribution in [0.4, 0.5) is 4.79 Å². The molecule has 0 aromatic rings. The summed E-state index contributed by atoms with van der Waals surface area (Å²) in [7, 11) is 1.79. The third kappa shape index (κ3) is 5.94. The molecule has 5 heteroatoms. The van der Waals surface area contributed by atoms with Gasteiger partial charge in [0.1, 0.15) is 0 Å². The van der Waals surface area contributed by atoms with Gasteiger partial charge in [0.25, 0.3) is 0 Å². The molecule has 1 aliphatic carbocycles. The average molecular weight is 270 g/mol. The van der Waals surface area contributed by atoms with Crippen LogP contribution >= 0.6 is 0 Å².